The summed E-state index contributed by atoms with van der Waals surface area (Å²) in [6.07, 6.45) is -1.28. The van der Waals surface area contributed by atoms with Gasteiger partial charge >= 0.3 is 12.1 Å². The fraction of sp³-hybridized carbons (Fsp3) is 0.520. The number of halogens is 3. The molecule has 2 aliphatic rings. The molecule has 0 saturated carbocycles. The fourth-order valence-corrected chi connectivity index (χ4v) is 4.61. The van der Waals surface area contributed by atoms with E-state index in [9.17, 15) is 22.8 Å². The molecule has 0 N–H and O–H groups in total. The summed E-state index contributed by atoms with van der Waals surface area (Å²) in [4.78, 5) is 27.6. The maximum atomic E-state index is 13.1. The average molecular weight is 495 g/mol. The number of nitrogens with zero attached hydrogens (tertiary/aromatic N) is 2. The molecule has 1 aromatic heterocycles. The van der Waals surface area contributed by atoms with Gasteiger partial charge in [-0.1, -0.05) is 18.2 Å². The molecule has 10 heteroatoms. The van der Waals surface area contributed by atoms with Crippen molar-refractivity contribution in [2.45, 2.75) is 51.1 Å². The summed E-state index contributed by atoms with van der Waals surface area (Å²) in [5.41, 5.74) is 0.260. The molecule has 0 spiro atoms. The molecule has 0 radical (unpaired) electrons. The van der Waals surface area contributed by atoms with Gasteiger partial charge in [-0.05, 0) is 30.9 Å². The lowest BCUT2D eigenvalue weighted by molar-refractivity contribution is -0.137. The average Bonchev–Trinajstić information content (AvgIpc) is 3.06. The number of benzene rings is 1. The number of fused-ring (bicyclic) bond motifs is 1. The second-order valence-corrected chi connectivity index (χ2v) is 8.84. The number of carbonyl (C=O) groups is 1. The molecule has 1 saturated heterocycles. The van der Waals surface area contributed by atoms with E-state index in [1.807, 2.05) is 4.90 Å². The molecular weight excluding hydrogens is 465 g/mol. The number of rotatable bonds is 6. The Bertz CT molecular complexity index is 1110. The van der Waals surface area contributed by atoms with Gasteiger partial charge in [0.1, 0.15) is 17.9 Å². The predicted octanol–water partition coefficient (Wildman–Crippen LogP) is 3.66. The van der Waals surface area contributed by atoms with Gasteiger partial charge in [-0.2, -0.15) is 13.2 Å². The Labute approximate surface area is 201 Å². The molecule has 190 valence electrons. The van der Waals surface area contributed by atoms with Crippen LogP contribution in [0, 0.1) is 0 Å². The van der Waals surface area contributed by atoms with Gasteiger partial charge in [0.25, 0.3) is 5.56 Å². The van der Waals surface area contributed by atoms with E-state index in [0.29, 0.717) is 50.5 Å². The highest BCUT2D eigenvalue weighted by atomic mass is 19.4. The molecule has 2 aromatic rings. The second kappa shape index (κ2) is 10.8. The van der Waals surface area contributed by atoms with Gasteiger partial charge in [-0.3, -0.25) is 9.69 Å². The summed E-state index contributed by atoms with van der Waals surface area (Å²) in [5, 5.41) is 0. The summed E-state index contributed by atoms with van der Waals surface area (Å²) >= 11 is 0. The van der Waals surface area contributed by atoms with Gasteiger partial charge in [0.15, 0.2) is 0 Å². The largest absolute Gasteiger partial charge is 0.490 e. The molecule has 3 heterocycles. The Hall–Kier alpha value is -2.85. The molecule has 0 unspecified atom stereocenters. The summed E-state index contributed by atoms with van der Waals surface area (Å²) in [5.74, 6) is -0.423. The predicted molar refractivity (Wildman–Crippen MR) is 122 cm³/mol. The first-order valence-corrected chi connectivity index (χ1v) is 11.7. The van der Waals surface area contributed by atoms with Crippen LogP contribution in [0.5, 0.6) is 5.75 Å². The number of hydrogen-bond acceptors (Lipinski definition) is 6. The molecule has 1 atom stereocenters. The van der Waals surface area contributed by atoms with Crippen molar-refractivity contribution in [3.63, 3.8) is 0 Å². The van der Waals surface area contributed by atoms with Crippen molar-refractivity contribution in [1.82, 2.24) is 9.47 Å². The van der Waals surface area contributed by atoms with Crippen molar-refractivity contribution in [3.05, 3.63) is 63.1 Å². The number of hydrogen-bond donors (Lipinski definition) is 0. The maximum absolute atomic E-state index is 13.1. The molecule has 0 amide bonds. The molecule has 4 rings (SSSR count). The Morgan fingerprint density at radius 3 is 2.71 bits per heavy atom. The Kier molecular flexibility index (Phi) is 7.81. The van der Waals surface area contributed by atoms with E-state index >= 15 is 0 Å². The quantitative estimate of drug-likeness (QED) is 0.571. The minimum absolute atomic E-state index is 0.0984. The van der Waals surface area contributed by atoms with E-state index in [1.165, 1.54) is 23.8 Å². The summed E-state index contributed by atoms with van der Waals surface area (Å²) in [6, 6.07) is 6.54. The van der Waals surface area contributed by atoms with Gasteiger partial charge in [-0.25, -0.2) is 4.79 Å². The minimum atomic E-state index is -4.41. The normalized spacial score (nSPS) is 19.0. The summed E-state index contributed by atoms with van der Waals surface area (Å²) in [6.45, 7) is 2.38. The Morgan fingerprint density at radius 2 is 2.00 bits per heavy atom. The lowest BCUT2D eigenvalue weighted by atomic mass is 10.1. The Balaban J connectivity index is 1.55. The summed E-state index contributed by atoms with van der Waals surface area (Å²) in [7, 11) is 1.27. The molecular formula is C25H29F3N2O5. The van der Waals surface area contributed by atoms with Crippen LogP contribution in [0.3, 0.4) is 0 Å². The zero-order valence-corrected chi connectivity index (χ0v) is 19.6. The van der Waals surface area contributed by atoms with Crippen molar-refractivity contribution in [2.24, 2.45) is 0 Å². The molecule has 1 aromatic carbocycles. The highest BCUT2D eigenvalue weighted by Gasteiger charge is 2.31. The molecule has 7 nitrogen and oxygen atoms in total. The highest BCUT2D eigenvalue weighted by molar-refractivity contribution is 5.93. The monoisotopic (exact) mass is 494 g/mol. The number of carbonyl (C=O) groups excluding carboxylic acids is 1. The van der Waals surface area contributed by atoms with Crippen molar-refractivity contribution < 1.29 is 32.2 Å². The lowest BCUT2D eigenvalue weighted by Gasteiger charge is -2.24. The topological polar surface area (TPSA) is 70.0 Å². The van der Waals surface area contributed by atoms with E-state index in [0.717, 1.165) is 31.4 Å². The number of ether oxygens (including phenoxy) is 3. The van der Waals surface area contributed by atoms with Gasteiger partial charge in [0, 0.05) is 51.0 Å². The van der Waals surface area contributed by atoms with E-state index in [1.54, 1.807) is 6.07 Å². The van der Waals surface area contributed by atoms with Crippen LogP contribution >= 0.6 is 0 Å². The van der Waals surface area contributed by atoms with E-state index in [2.05, 4.69) is 0 Å². The third kappa shape index (κ3) is 6.05. The zero-order valence-electron chi connectivity index (χ0n) is 19.6. The number of aromatic nitrogens is 1. The van der Waals surface area contributed by atoms with Crippen LogP contribution in [-0.2, 0) is 35.2 Å². The first-order chi connectivity index (χ1) is 16.8. The minimum Gasteiger partial charge on any atom is -0.490 e. The van der Waals surface area contributed by atoms with E-state index < -0.39 is 17.7 Å². The van der Waals surface area contributed by atoms with E-state index in [4.69, 9.17) is 14.2 Å². The van der Waals surface area contributed by atoms with Crippen LogP contribution in [0.2, 0.25) is 0 Å². The van der Waals surface area contributed by atoms with Crippen LogP contribution in [-0.4, -0.2) is 55.0 Å². The molecule has 0 aliphatic carbocycles. The van der Waals surface area contributed by atoms with Crippen LogP contribution < -0.4 is 10.3 Å². The van der Waals surface area contributed by atoms with E-state index in [-0.39, 0.29) is 29.6 Å². The SMILES string of the molecule is COC(=O)c1c(OC[C@H]2CCCCO2)cc(=O)n2c1CCN(Cc1cccc(C(F)(F)F)c1)CC2. The van der Waals surface area contributed by atoms with Crippen molar-refractivity contribution in [3.8, 4) is 5.75 Å². The zero-order chi connectivity index (χ0) is 25.0. The lowest BCUT2D eigenvalue weighted by Crippen LogP contribution is -2.30. The Morgan fingerprint density at radius 1 is 1.17 bits per heavy atom. The third-order valence-electron chi connectivity index (χ3n) is 6.43. The maximum Gasteiger partial charge on any atom is 0.416 e. The summed E-state index contributed by atoms with van der Waals surface area (Å²) < 4.78 is 57.4. The van der Waals surface area contributed by atoms with Crippen molar-refractivity contribution >= 4 is 5.97 Å². The van der Waals surface area contributed by atoms with Gasteiger partial charge in [-0.15, -0.1) is 0 Å². The third-order valence-corrected chi connectivity index (χ3v) is 6.43. The number of esters is 1. The van der Waals surface area contributed by atoms with Crippen LogP contribution in [0.1, 0.15) is 46.4 Å². The fourth-order valence-electron chi connectivity index (χ4n) is 4.61. The number of pyridine rings is 1. The standard InChI is InChI=1S/C25H29F3N2O5/c1-33-24(32)23-20-8-9-29(15-17-5-4-6-18(13-17)25(26,27)28)10-11-30(20)22(31)14-21(23)35-16-19-7-2-3-12-34-19/h4-6,13-14,19H,2-3,7-12,15-16H2,1H3/t19-/m1/s1. The van der Waals surface area contributed by atoms with Gasteiger partial charge < -0.3 is 18.8 Å². The second-order valence-electron chi connectivity index (χ2n) is 8.84. The van der Waals surface area contributed by atoms with Crippen LogP contribution in [0.4, 0.5) is 13.2 Å². The number of alkyl halides is 3. The number of methoxy groups -OCH3 is 1. The van der Waals surface area contributed by atoms with Crippen molar-refractivity contribution in [1.29, 1.82) is 0 Å². The molecule has 1 fully saturated rings. The molecule has 0 bridgehead atoms. The first-order valence-electron chi connectivity index (χ1n) is 11.7. The first kappa shape index (κ1) is 25.2. The smallest absolute Gasteiger partial charge is 0.416 e. The van der Waals surface area contributed by atoms with Crippen molar-refractivity contribution in [2.75, 3.05) is 33.4 Å². The van der Waals surface area contributed by atoms with Crippen LogP contribution in [0.25, 0.3) is 0 Å². The molecule has 35 heavy (non-hydrogen) atoms. The van der Waals surface area contributed by atoms with Gasteiger partial charge in [0.05, 0.1) is 18.8 Å². The molecule has 2 aliphatic heterocycles. The highest BCUT2D eigenvalue weighted by Crippen LogP contribution is 2.30. The van der Waals surface area contributed by atoms with Gasteiger partial charge in [0.2, 0.25) is 0 Å². The van der Waals surface area contributed by atoms with Crippen LogP contribution in [0.15, 0.2) is 35.1 Å².